The van der Waals surface area contributed by atoms with Crippen LogP contribution in [0, 0.1) is 10.1 Å². The van der Waals surface area contributed by atoms with Crippen LogP contribution in [0.1, 0.15) is 13.8 Å². The van der Waals surface area contributed by atoms with Gasteiger partial charge in [-0.25, -0.2) is 8.42 Å². The van der Waals surface area contributed by atoms with Gasteiger partial charge in [-0.05, 0) is 32.0 Å². The molecule has 0 aliphatic heterocycles. The lowest BCUT2D eigenvalue weighted by atomic mass is 10.1. The first kappa shape index (κ1) is 23.0. The van der Waals surface area contributed by atoms with Crippen LogP contribution in [-0.4, -0.2) is 40.0 Å². The highest BCUT2D eigenvalue weighted by atomic mass is 32.2. The van der Waals surface area contributed by atoms with Crippen molar-refractivity contribution < 1.29 is 36.2 Å². The molecule has 7 nitrogen and oxygen atoms in total. The fourth-order valence-electron chi connectivity index (χ4n) is 2.26. The first-order valence-corrected chi connectivity index (χ1v) is 10.4. The predicted molar refractivity (Wildman–Crippen MR) is 94.7 cm³/mol. The zero-order valence-corrected chi connectivity index (χ0v) is 15.8. The first-order valence-electron chi connectivity index (χ1n) is 7.43. The lowest BCUT2D eigenvalue weighted by molar-refractivity contribution is -0.383. The maximum absolute atomic E-state index is 11.1. The third-order valence-electron chi connectivity index (χ3n) is 3.44. The van der Waals surface area contributed by atoms with E-state index < -0.39 is 20.5 Å². The van der Waals surface area contributed by atoms with Crippen molar-refractivity contribution in [2.45, 2.75) is 24.3 Å². The summed E-state index contributed by atoms with van der Waals surface area (Å²) in [6.45, 7) is 4.23. The molecule has 0 aliphatic rings. The standard InChI is InChI=1S/C14H15NO3S.CHF3O3S/c1-3-19(4-2)13-9-8-12(16)14-10(13)6-5-7-11(14)15(17)18;2-1(3,4)8(5,6)7/h5-9H,3-4H2,1-2H3;(H,5,6,7). The topological polar surface area (TPSA) is 121 Å². The summed E-state index contributed by atoms with van der Waals surface area (Å²) in [5.74, 6) is 1.97. The molecule has 0 heterocycles. The van der Waals surface area contributed by atoms with Crippen LogP contribution >= 0.6 is 0 Å². The average Bonchev–Trinajstić information content (AvgIpc) is 2.56. The minimum absolute atomic E-state index is 0.0261. The van der Waals surface area contributed by atoms with Crippen LogP contribution in [0.5, 0.6) is 5.75 Å². The molecule has 0 fully saturated rings. The maximum Gasteiger partial charge on any atom is 0.485 e. The molecule has 2 aromatic carbocycles. The number of halogens is 3. The molecular weight excluding hydrogens is 411 g/mol. The van der Waals surface area contributed by atoms with Crippen LogP contribution in [-0.2, 0) is 21.0 Å². The van der Waals surface area contributed by atoms with Crippen molar-refractivity contribution in [3.63, 3.8) is 0 Å². The van der Waals surface area contributed by atoms with E-state index >= 15 is 0 Å². The Bertz CT molecular complexity index is 927. The van der Waals surface area contributed by atoms with Crippen molar-refractivity contribution in [3.05, 3.63) is 40.4 Å². The van der Waals surface area contributed by atoms with Crippen molar-refractivity contribution in [2.24, 2.45) is 0 Å². The highest BCUT2D eigenvalue weighted by molar-refractivity contribution is 7.97. The van der Waals surface area contributed by atoms with E-state index in [1.807, 2.05) is 12.1 Å². The molecule has 0 saturated carbocycles. The molecule has 0 amide bonds. The molecule has 0 saturated heterocycles. The SMILES string of the molecule is CC[S+](CC)c1ccc(O)c2c([N+](=O)[O-])cccc12.O=S(=O)([O-])C(F)(F)F. The van der Waals surface area contributed by atoms with Gasteiger partial charge in [-0.2, -0.15) is 13.2 Å². The lowest BCUT2D eigenvalue weighted by Crippen LogP contribution is -2.21. The number of phenolic OH excluding ortho intramolecular Hbond substituents is 1. The molecule has 12 heteroatoms. The molecule has 0 radical (unpaired) electrons. The Morgan fingerprint density at radius 2 is 1.67 bits per heavy atom. The highest BCUT2D eigenvalue weighted by Gasteiger charge is 2.36. The second-order valence-corrected chi connectivity index (χ2v) is 8.96. The van der Waals surface area contributed by atoms with Crippen molar-refractivity contribution in [1.29, 1.82) is 0 Å². The van der Waals surface area contributed by atoms with Gasteiger partial charge < -0.3 is 9.66 Å². The molecule has 0 aliphatic carbocycles. The Morgan fingerprint density at radius 1 is 1.15 bits per heavy atom. The van der Waals surface area contributed by atoms with E-state index in [4.69, 9.17) is 13.0 Å². The summed E-state index contributed by atoms with van der Waals surface area (Å²) < 4.78 is 58.9. The largest absolute Gasteiger partial charge is 0.741 e. The molecule has 0 atom stereocenters. The fourth-order valence-corrected chi connectivity index (χ4v) is 4.03. The summed E-state index contributed by atoms with van der Waals surface area (Å²) in [7, 11) is -6.03. The molecule has 150 valence electrons. The minimum Gasteiger partial charge on any atom is -0.741 e. The second kappa shape index (κ2) is 8.76. The van der Waals surface area contributed by atoms with Crippen molar-refractivity contribution >= 4 is 37.5 Å². The summed E-state index contributed by atoms with van der Waals surface area (Å²) in [5.41, 5.74) is -5.68. The maximum atomic E-state index is 11.1. The summed E-state index contributed by atoms with van der Waals surface area (Å²) in [6.07, 6.45) is 0. The molecule has 27 heavy (non-hydrogen) atoms. The van der Waals surface area contributed by atoms with E-state index in [1.165, 1.54) is 6.07 Å². The van der Waals surface area contributed by atoms with Crippen LogP contribution in [0.15, 0.2) is 35.2 Å². The number of rotatable bonds is 4. The van der Waals surface area contributed by atoms with Gasteiger partial charge in [0, 0.05) is 22.3 Å². The number of hydrogen-bond donors (Lipinski definition) is 1. The molecule has 0 aromatic heterocycles. The van der Waals surface area contributed by atoms with E-state index in [0.717, 1.165) is 21.8 Å². The first-order chi connectivity index (χ1) is 12.3. The van der Waals surface area contributed by atoms with Gasteiger partial charge >= 0.3 is 5.51 Å². The Hall–Kier alpha value is -2.05. The smallest absolute Gasteiger partial charge is 0.485 e. The van der Waals surface area contributed by atoms with Gasteiger partial charge in [-0.1, -0.05) is 6.07 Å². The summed E-state index contributed by atoms with van der Waals surface area (Å²) in [6, 6.07) is 8.41. The van der Waals surface area contributed by atoms with Crippen LogP contribution in [0.2, 0.25) is 0 Å². The Kier molecular flexibility index (Phi) is 7.46. The predicted octanol–water partition coefficient (Wildman–Crippen LogP) is 3.52. The van der Waals surface area contributed by atoms with Gasteiger partial charge in [-0.15, -0.1) is 0 Å². The van der Waals surface area contributed by atoms with Crippen LogP contribution in [0.4, 0.5) is 18.9 Å². The molecule has 0 unspecified atom stereocenters. The normalized spacial score (nSPS) is 12.0. The number of nitro benzene ring substituents is 1. The van der Waals surface area contributed by atoms with Crippen molar-refractivity contribution in [2.75, 3.05) is 11.5 Å². The number of benzene rings is 2. The number of aromatic hydroxyl groups is 1. The van der Waals surface area contributed by atoms with Crippen LogP contribution in [0.3, 0.4) is 0 Å². The second-order valence-electron chi connectivity index (χ2n) is 5.01. The molecular formula is C15H16F3NO6S2. The lowest BCUT2D eigenvalue weighted by Gasteiger charge is -2.08. The van der Waals surface area contributed by atoms with Crippen molar-refractivity contribution in [3.8, 4) is 5.75 Å². The molecule has 0 bridgehead atoms. The van der Waals surface area contributed by atoms with Gasteiger partial charge in [0.15, 0.2) is 15.0 Å². The number of phenols is 1. The van der Waals surface area contributed by atoms with Crippen LogP contribution < -0.4 is 0 Å². The third kappa shape index (κ3) is 5.47. The number of fused-ring (bicyclic) bond motifs is 1. The molecule has 0 spiro atoms. The number of non-ortho nitro benzene ring substituents is 1. The van der Waals surface area contributed by atoms with E-state index in [1.54, 1.807) is 12.1 Å². The van der Waals surface area contributed by atoms with Gasteiger partial charge in [0.2, 0.25) is 0 Å². The van der Waals surface area contributed by atoms with Gasteiger partial charge in [0.25, 0.3) is 5.69 Å². The van der Waals surface area contributed by atoms with Gasteiger partial charge in [0.05, 0.1) is 4.92 Å². The highest BCUT2D eigenvalue weighted by Crippen LogP contribution is 2.37. The van der Waals surface area contributed by atoms with E-state index in [0.29, 0.717) is 5.39 Å². The van der Waals surface area contributed by atoms with E-state index in [2.05, 4.69) is 13.8 Å². The number of hydrogen-bond acceptors (Lipinski definition) is 6. The molecule has 1 N–H and O–H groups in total. The average molecular weight is 427 g/mol. The summed E-state index contributed by atoms with van der Waals surface area (Å²) in [5, 5.41) is 22.2. The Morgan fingerprint density at radius 3 is 2.07 bits per heavy atom. The van der Waals surface area contributed by atoms with Gasteiger partial charge in [-0.3, -0.25) is 10.1 Å². The molecule has 2 aromatic rings. The van der Waals surface area contributed by atoms with Crippen molar-refractivity contribution in [1.82, 2.24) is 0 Å². The quantitative estimate of drug-likeness (QED) is 0.262. The minimum atomic E-state index is -6.09. The van der Waals surface area contributed by atoms with Crippen LogP contribution in [0.25, 0.3) is 10.8 Å². The summed E-state index contributed by atoms with van der Waals surface area (Å²) >= 11 is 0. The Balaban J connectivity index is 0.000000387. The fraction of sp³-hybridized carbons (Fsp3) is 0.333. The summed E-state index contributed by atoms with van der Waals surface area (Å²) in [4.78, 5) is 11.7. The van der Waals surface area contributed by atoms with E-state index in [-0.39, 0.29) is 22.3 Å². The Labute approximate surface area is 156 Å². The third-order valence-corrected chi connectivity index (χ3v) is 6.38. The number of nitrogens with zero attached hydrogens (tertiary/aromatic N) is 1. The zero-order valence-electron chi connectivity index (χ0n) is 14.2. The number of nitro groups is 1. The van der Waals surface area contributed by atoms with E-state index in [9.17, 15) is 28.4 Å². The van der Waals surface area contributed by atoms with Gasteiger partial charge in [0.1, 0.15) is 22.6 Å². The zero-order chi connectivity index (χ0) is 21.0. The monoisotopic (exact) mass is 427 g/mol. The molecule has 2 rings (SSSR count). The number of alkyl halides is 3.